The quantitative estimate of drug-likeness (QED) is 0.821. The van der Waals surface area contributed by atoms with Gasteiger partial charge in [-0.15, -0.1) is 0 Å². The normalized spacial score (nSPS) is 13.2. The smallest absolute Gasteiger partial charge is 0.321 e. The molecular weight excluding hydrogens is 254 g/mol. The molecule has 1 aromatic rings. The molecule has 1 atom stereocenters. The van der Waals surface area contributed by atoms with E-state index in [0.29, 0.717) is 12.0 Å². The van der Waals surface area contributed by atoms with E-state index in [1.54, 1.807) is 32.0 Å². The molecule has 0 heterocycles. The summed E-state index contributed by atoms with van der Waals surface area (Å²) in [5.41, 5.74) is 0.589. The molecule has 100 valence electrons. The predicted octanol–water partition coefficient (Wildman–Crippen LogP) is 1.53. The predicted molar refractivity (Wildman–Crippen MR) is 67.8 cm³/mol. The summed E-state index contributed by atoms with van der Waals surface area (Å²) < 4.78 is 26.4. The highest BCUT2D eigenvalue weighted by molar-refractivity contribution is 7.89. The summed E-state index contributed by atoms with van der Waals surface area (Å²) in [5.74, 6) is -1.16. The zero-order valence-electron chi connectivity index (χ0n) is 10.4. The molecule has 6 heteroatoms. The summed E-state index contributed by atoms with van der Waals surface area (Å²) in [6.07, 6.45) is 0.855. The second-order valence-corrected chi connectivity index (χ2v) is 5.75. The van der Waals surface area contributed by atoms with Gasteiger partial charge in [0.1, 0.15) is 6.04 Å². The first-order valence-electron chi connectivity index (χ1n) is 5.69. The van der Waals surface area contributed by atoms with Crippen molar-refractivity contribution in [3.05, 3.63) is 29.8 Å². The fraction of sp³-hybridized carbons (Fsp3) is 0.417. The molecule has 0 saturated carbocycles. The topological polar surface area (TPSA) is 83.5 Å². The number of hydrogen-bond donors (Lipinski definition) is 2. The third-order valence-electron chi connectivity index (χ3n) is 2.56. The number of sulfonamides is 1. The number of hydrogen-bond acceptors (Lipinski definition) is 3. The molecule has 0 aliphatic carbocycles. The molecule has 5 nitrogen and oxygen atoms in total. The van der Waals surface area contributed by atoms with E-state index in [9.17, 15) is 13.2 Å². The zero-order valence-corrected chi connectivity index (χ0v) is 11.2. The van der Waals surface area contributed by atoms with Gasteiger partial charge in [0.2, 0.25) is 10.0 Å². The van der Waals surface area contributed by atoms with Crippen molar-refractivity contribution in [1.82, 2.24) is 4.72 Å². The van der Waals surface area contributed by atoms with E-state index in [0.717, 1.165) is 0 Å². The molecule has 0 spiro atoms. The number of carboxylic acids is 1. The average Bonchev–Trinajstić information content (AvgIpc) is 2.28. The van der Waals surface area contributed by atoms with Crippen LogP contribution in [0.25, 0.3) is 0 Å². The number of carbonyl (C=O) groups is 1. The molecule has 18 heavy (non-hydrogen) atoms. The lowest BCUT2D eigenvalue weighted by Crippen LogP contribution is -2.40. The van der Waals surface area contributed by atoms with Crippen LogP contribution in [0.15, 0.2) is 29.2 Å². The van der Waals surface area contributed by atoms with Gasteiger partial charge in [-0.1, -0.05) is 31.5 Å². The summed E-state index contributed by atoms with van der Waals surface area (Å²) in [4.78, 5) is 11.1. The SMILES string of the molecule is CCC[C@@H](NS(=O)(=O)c1ccccc1C)C(=O)O. The Labute approximate surface area is 107 Å². The third kappa shape index (κ3) is 3.54. The molecule has 0 saturated heterocycles. The van der Waals surface area contributed by atoms with Gasteiger partial charge in [-0.2, -0.15) is 4.72 Å². The fourth-order valence-corrected chi connectivity index (χ4v) is 3.10. The Balaban J connectivity index is 3.01. The van der Waals surface area contributed by atoms with Gasteiger partial charge in [-0.3, -0.25) is 4.79 Å². The summed E-state index contributed by atoms with van der Waals surface area (Å²) in [7, 11) is -3.79. The highest BCUT2D eigenvalue weighted by atomic mass is 32.2. The first-order chi connectivity index (χ1) is 8.38. The Morgan fingerprint density at radius 2 is 2.00 bits per heavy atom. The first kappa shape index (κ1) is 14.7. The van der Waals surface area contributed by atoms with Crippen LogP contribution in [0.1, 0.15) is 25.3 Å². The molecule has 0 aliphatic heterocycles. The van der Waals surface area contributed by atoms with Crippen LogP contribution >= 0.6 is 0 Å². The lowest BCUT2D eigenvalue weighted by atomic mass is 10.2. The molecule has 0 aliphatic rings. The van der Waals surface area contributed by atoms with Crippen molar-refractivity contribution in [3.63, 3.8) is 0 Å². The Morgan fingerprint density at radius 1 is 1.39 bits per heavy atom. The lowest BCUT2D eigenvalue weighted by molar-refractivity contribution is -0.139. The summed E-state index contributed by atoms with van der Waals surface area (Å²) >= 11 is 0. The van der Waals surface area contributed by atoms with Crippen molar-refractivity contribution in [2.24, 2.45) is 0 Å². The highest BCUT2D eigenvalue weighted by Crippen LogP contribution is 2.15. The monoisotopic (exact) mass is 271 g/mol. The number of aliphatic carboxylic acids is 1. The van der Waals surface area contributed by atoms with Crippen LogP contribution in [-0.2, 0) is 14.8 Å². The maximum Gasteiger partial charge on any atom is 0.321 e. The number of rotatable bonds is 6. The average molecular weight is 271 g/mol. The van der Waals surface area contributed by atoms with Gasteiger partial charge in [0, 0.05) is 0 Å². The van der Waals surface area contributed by atoms with E-state index in [-0.39, 0.29) is 11.3 Å². The van der Waals surface area contributed by atoms with Crippen molar-refractivity contribution in [2.75, 3.05) is 0 Å². The Morgan fingerprint density at radius 3 is 2.50 bits per heavy atom. The Kier molecular flexibility index (Phi) is 4.86. The van der Waals surface area contributed by atoms with Gasteiger partial charge in [0.05, 0.1) is 4.90 Å². The van der Waals surface area contributed by atoms with E-state index in [1.807, 2.05) is 0 Å². The lowest BCUT2D eigenvalue weighted by Gasteiger charge is -2.15. The van der Waals surface area contributed by atoms with Gasteiger partial charge in [0.15, 0.2) is 0 Å². The van der Waals surface area contributed by atoms with Gasteiger partial charge in [0.25, 0.3) is 0 Å². The van der Waals surface area contributed by atoms with Crippen molar-refractivity contribution in [2.45, 2.75) is 37.6 Å². The third-order valence-corrected chi connectivity index (χ3v) is 4.19. The van der Waals surface area contributed by atoms with E-state index >= 15 is 0 Å². The minimum absolute atomic E-state index is 0.118. The highest BCUT2D eigenvalue weighted by Gasteiger charge is 2.25. The molecule has 0 bridgehead atoms. The molecule has 0 aromatic heterocycles. The second kappa shape index (κ2) is 5.97. The van der Waals surface area contributed by atoms with Gasteiger partial charge >= 0.3 is 5.97 Å². The maximum absolute atomic E-state index is 12.1. The second-order valence-electron chi connectivity index (χ2n) is 4.07. The van der Waals surface area contributed by atoms with E-state index in [4.69, 9.17) is 5.11 Å². The van der Waals surface area contributed by atoms with Crippen molar-refractivity contribution in [3.8, 4) is 0 Å². The number of aryl methyl sites for hydroxylation is 1. The van der Waals surface area contributed by atoms with Crippen LogP contribution in [0.3, 0.4) is 0 Å². The van der Waals surface area contributed by atoms with Crippen LogP contribution < -0.4 is 4.72 Å². The molecule has 2 N–H and O–H groups in total. The standard InChI is InChI=1S/C12H17NO4S/c1-3-6-10(12(14)15)13-18(16,17)11-8-5-4-7-9(11)2/h4-5,7-8,10,13H,3,6H2,1-2H3,(H,14,15)/t10-/m1/s1. The zero-order chi connectivity index (χ0) is 13.8. The maximum atomic E-state index is 12.1. The molecule has 0 unspecified atom stereocenters. The van der Waals surface area contributed by atoms with E-state index in [2.05, 4.69) is 4.72 Å². The molecular formula is C12H17NO4S. The number of carboxylic acid groups (broad SMARTS) is 1. The number of benzene rings is 1. The summed E-state index contributed by atoms with van der Waals surface area (Å²) in [5, 5.41) is 8.96. The largest absolute Gasteiger partial charge is 0.480 e. The molecule has 0 fully saturated rings. The van der Waals surface area contributed by atoms with E-state index < -0.39 is 22.0 Å². The molecule has 0 radical (unpaired) electrons. The van der Waals surface area contributed by atoms with E-state index in [1.165, 1.54) is 6.07 Å². The minimum atomic E-state index is -3.79. The molecule has 1 rings (SSSR count). The minimum Gasteiger partial charge on any atom is -0.480 e. The van der Waals surface area contributed by atoms with Crippen LogP contribution in [0.5, 0.6) is 0 Å². The van der Waals surface area contributed by atoms with Crippen LogP contribution in [-0.4, -0.2) is 25.5 Å². The Bertz CT molecular complexity index is 525. The van der Waals surface area contributed by atoms with Crippen LogP contribution in [0.2, 0.25) is 0 Å². The summed E-state index contributed by atoms with van der Waals surface area (Å²) in [6.45, 7) is 3.47. The van der Waals surface area contributed by atoms with Crippen molar-refractivity contribution >= 4 is 16.0 Å². The van der Waals surface area contributed by atoms with Crippen molar-refractivity contribution in [1.29, 1.82) is 0 Å². The molecule has 1 aromatic carbocycles. The van der Waals surface area contributed by atoms with Gasteiger partial charge < -0.3 is 5.11 Å². The van der Waals surface area contributed by atoms with Gasteiger partial charge in [-0.05, 0) is 25.0 Å². The summed E-state index contributed by atoms with van der Waals surface area (Å²) in [6, 6.07) is 5.39. The first-order valence-corrected chi connectivity index (χ1v) is 7.17. The fourth-order valence-electron chi connectivity index (χ4n) is 1.63. The van der Waals surface area contributed by atoms with Gasteiger partial charge in [-0.25, -0.2) is 8.42 Å². The van der Waals surface area contributed by atoms with Crippen molar-refractivity contribution < 1.29 is 18.3 Å². The Hall–Kier alpha value is -1.40. The molecule has 0 amide bonds. The van der Waals surface area contributed by atoms with Crippen LogP contribution in [0, 0.1) is 6.92 Å². The van der Waals surface area contributed by atoms with Crippen LogP contribution in [0.4, 0.5) is 0 Å². The number of nitrogens with one attached hydrogen (secondary N) is 1.